The molecular weight excluding hydrogens is 395 g/mol. The Balaban J connectivity index is 1.53. The maximum Gasteiger partial charge on any atom is 0.236 e. The average Bonchev–Trinajstić information content (AvgIpc) is 2.92. The highest BCUT2D eigenvalue weighted by Crippen LogP contribution is 2.50. The van der Waals surface area contributed by atoms with E-state index in [1.807, 2.05) is 0 Å². The number of ketones is 1. The van der Waals surface area contributed by atoms with Gasteiger partial charge in [0.15, 0.2) is 5.78 Å². The standard InChI is InChI=1S/C22H22F3N3O2/c1-13-26-6-4-18(27-13)19(29)7-14-3-2-5-22(11-14)20(25)12-28(21(22)30)17-9-15(23)8-16(24)10-17/h4,6,8-10,14,20H,2-3,5,7,11-12H2,1H3. The molecule has 2 aromatic rings. The number of Topliss-reactive ketones (excluding diaryl/α,β-unsaturated/α-hetero) is 1. The molecule has 30 heavy (non-hydrogen) atoms. The van der Waals surface area contributed by atoms with E-state index in [4.69, 9.17) is 0 Å². The van der Waals surface area contributed by atoms with Crippen molar-refractivity contribution in [1.29, 1.82) is 0 Å². The van der Waals surface area contributed by atoms with Gasteiger partial charge in [0.25, 0.3) is 0 Å². The van der Waals surface area contributed by atoms with Crippen molar-refractivity contribution < 1.29 is 22.8 Å². The normalized spacial score (nSPS) is 26.4. The minimum Gasteiger partial charge on any atom is -0.309 e. The Labute approximate surface area is 172 Å². The van der Waals surface area contributed by atoms with Crippen LogP contribution in [-0.2, 0) is 4.79 Å². The van der Waals surface area contributed by atoms with Gasteiger partial charge in [-0.1, -0.05) is 6.42 Å². The second kappa shape index (κ2) is 7.81. The lowest BCUT2D eigenvalue weighted by atomic mass is 9.66. The third kappa shape index (κ3) is 3.70. The molecule has 1 spiro atoms. The van der Waals surface area contributed by atoms with E-state index < -0.39 is 29.1 Å². The van der Waals surface area contributed by atoms with Crippen molar-refractivity contribution in [3.05, 3.63) is 53.6 Å². The first-order valence-corrected chi connectivity index (χ1v) is 10.0. The summed E-state index contributed by atoms with van der Waals surface area (Å²) in [5.41, 5.74) is -0.923. The predicted octanol–water partition coefficient (Wildman–Crippen LogP) is 4.20. The molecule has 1 saturated heterocycles. The van der Waals surface area contributed by atoms with Crippen molar-refractivity contribution in [3.63, 3.8) is 0 Å². The van der Waals surface area contributed by atoms with Crippen LogP contribution in [-0.4, -0.2) is 34.4 Å². The molecule has 2 fully saturated rings. The number of rotatable bonds is 4. The number of carbonyl (C=O) groups is 2. The highest BCUT2D eigenvalue weighted by molar-refractivity contribution is 6.01. The second-order valence-corrected chi connectivity index (χ2v) is 8.25. The summed E-state index contributed by atoms with van der Waals surface area (Å²) in [7, 11) is 0. The van der Waals surface area contributed by atoms with Crippen LogP contribution in [0.25, 0.3) is 0 Å². The largest absolute Gasteiger partial charge is 0.309 e. The number of halogens is 3. The average molecular weight is 417 g/mol. The fourth-order valence-electron chi connectivity index (χ4n) is 4.80. The summed E-state index contributed by atoms with van der Waals surface area (Å²) in [5.74, 6) is -1.92. The van der Waals surface area contributed by atoms with Crippen molar-refractivity contribution in [1.82, 2.24) is 9.97 Å². The summed E-state index contributed by atoms with van der Waals surface area (Å²) < 4.78 is 42.4. The summed E-state index contributed by atoms with van der Waals surface area (Å²) in [6.45, 7) is 1.45. The van der Waals surface area contributed by atoms with Crippen molar-refractivity contribution in [2.45, 2.75) is 45.2 Å². The molecule has 1 aliphatic heterocycles. The summed E-state index contributed by atoms with van der Waals surface area (Å²) >= 11 is 0. The number of hydrogen-bond donors (Lipinski definition) is 0. The van der Waals surface area contributed by atoms with Crippen molar-refractivity contribution >= 4 is 17.4 Å². The SMILES string of the molecule is Cc1nccc(C(=O)CC2CCCC3(C2)C(=O)N(c2cc(F)cc(F)c2)CC3F)n1. The fraction of sp³-hybridized carbons (Fsp3) is 0.455. The number of hydrogen-bond acceptors (Lipinski definition) is 4. The monoisotopic (exact) mass is 417 g/mol. The number of carbonyl (C=O) groups excluding carboxylic acids is 2. The molecular formula is C22H22F3N3O2. The maximum atomic E-state index is 15.2. The summed E-state index contributed by atoms with van der Waals surface area (Å²) in [6, 6.07) is 4.33. The molecule has 1 aliphatic carbocycles. The number of anilines is 1. The zero-order chi connectivity index (χ0) is 21.5. The zero-order valence-electron chi connectivity index (χ0n) is 16.6. The Hall–Kier alpha value is -2.77. The molecule has 4 rings (SSSR count). The molecule has 1 aromatic carbocycles. The van der Waals surface area contributed by atoms with Gasteiger partial charge in [-0.25, -0.2) is 23.1 Å². The number of alkyl halides is 1. The van der Waals surface area contributed by atoms with Crippen LogP contribution in [0.2, 0.25) is 0 Å². The summed E-state index contributed by atoms with van der Waals surface area (Å²) in [6.07, 6.45) is 2.15. The molecule has 3 atom stereocenters. The minimum absolute atomic E-state index is 0.0201. The van der Waals surface area contributed by atoms with Crippen molar-refractivity contribution in [2.75, 3.05) is 11.4 Å². The van der Waals surface area contributed by atoms with Crippen LogP contribution < -0.4 is 4.90 Å². The number of aryl methyl sites for hydroxylation is 1. The Morgan fingerprint density at radius 2 is 2.00 bits per heavy atom. The number of benzene rings is 1. The predicted molar refractivity (Wildman–Crippen MR) is 104 cm³/mol. The van der Waals surface area contributed by atoms with E-state index in [1.54, 1.807) is 13.0 Å². The molecule has 158 valence electrons. The Morgan fingerprint density at radius 1 is 1.27 bits per heavy atom. The van der Waals surface area contributed by atoms with E-state index in [1.165, 1.54) is 6.20 Å². The molecule has 1 amide bonds. The molecule has 0 radical (unpaired) electrons. The quantitative estimate of drug-likeness (QED) is 0.700. The molecule has 2 aliphatic rings. The third-order valence-electron chi connectivity index (χ3n) is 6.20. The summed E-state index contributed by atoms with van der Waals surface area (Å²) in [4.78, 5) is 35.1. The van der Waals surface area contributed by atoms with Gasteiger partial charge in [-0.15, -0.1) is 0 Å². The molecule has 8 heteroatoms. The molecule has 0 bridgehead atoms. The van der Waals surface area contributed by atoms with Crippen LogP contribution in [0.3, 0.4) is 0 Å². The Kier molecular flexibility index (Phi) is 5.34. The maximum absolute atomic E-state index is 15.2. The molecule has 0 N–H and O–H groups in total. The van der Waals surface area contributed by atoms with E-state index in [2.05, 4.69) is 9.97 Å². The lowest BCUT2D eigenvalue weighted by molar-refractivity contribution is -0.130. The van der Waals surface area contributed by atoms with Gasteiger partial charge in [0, 0.05) is 24.4 Å². The highest BCUT2D eigenvalue weighted by Gasteiger charge is 2.56. The third-order valence-corrected chi connectivity index (χ3v) is 6.20. The lowest BCUT2D eigenvalue weighted by Gasteiger charge is -2.37. The van der Waals surface area contributed by atoms with Gasteiger partial charge < -0.3 is 4.90 Å². The van der Waals surface area contributed by atoms with Crippen LogP contribution in [0.15, 0.2) is 30.5 Å². The topological polar surface area (TPSA) is 63.2 Å². The zero-order valence-corrected chi connectivity index (χ0v) is 16.6. The van der Waals surface area contributed by atoms with E-state index in [0.29, 0.717) is 36.8 Å². The fourth-order valence-corrected chi connectivity index (χ4v) is 4.80. The van der Waals surface area contributed by atoms with E-state index in [0.717, 1.165) is 17.0 Å². The first-order valence-electron chi connectivity index (χ1n) is 10.0. The van der Waals surface area contributed by atoms with Crippen LogP contribution in [0, 0.1) is 29.9 Å². The molecule has 3 unspecified atom stereocenters. The molecule has 5 nitrogen and oxygen atoms in total. The van der Waals surface area contributed by atoms with Gasteiger partial charge >= 0.3 is 0 Å². The number of aromatic nitrogens is 2. The van der Waals surface area contributed by atoms with Gasteiger partial charge in [0.1, 0.15) is 29.3 Å². The number of amides is 1. The molecule has 1 saturated carbocycles. The van der Waals surface area contributed by atoms with Gasteiger partial charge in [-0.2, -0.15) is 0 Å². The Morgan fingerprint density at radius 3 is 2.70 bits per heavy atom. The van der Waals surface area contributed by atoms with Crippen LogP contribution in [0.5, 0.6) is 0 Å². The first kappa shape index (κ1) is 20.5. The van der Waals surface area contributed by atoms with Gasteiger partial charge in [-0.3, -0.25) is 9.59 Å². The van der Waals surface area contributed by atoms with Gasteiger partial charge in [0.2, 0.25) is 5.91 Å². The smallest absolute Gasteiger partial charge is 0.236 e. The highest BCUT2D eigenvalue weighted by atomic mass is 19.1. The lowest BCUT2D eigenvalue weighted by Crippen LogP contribution is -2.42. The van der Waals surface area contributed by atoms with E-state index in [9.17, 15) is 18.4 Å². The van der Waals surface area contributed by atoms with Gasteiger partial charge in [0.05, 0.1) is 12.0 Å². The van der Waals surface area contributed by atoms with Crippen molar-refractivity contribution in [2.24, 2.45) is 11.3 Å². The van der Waals surface area contributed by atoms with E-state index >= 15 is 4.39 Å². The minimum atomic E-state index is -1.46. The Bertz CT molecular complexity index is 979. The molecule has 1 aromatic heterocycles. The van der Waals surface area contributed by atoms with Gasteiger partial charge in [-0.05, 0) is 50.3 Å². The van der Waals surface area contributed by atoms with E-state index in [-0.39, 0.29) is 36.8 Å². The van der Waals surface area contributed by atoms with Crippen LogP contribution in [0.4, 0.5) is 18.9 Å². The summed E-state index contributed by atoms with van der Waals surface area (Å²) in [5, 5.41) is 0. The van der Waals surface area contributed by atoms with Crippen molar-refractivity contribution in [3.8, 4) is 0 Å². The van der Waals surface area contributed by atoms with Crippen LogP contribution >= 0.6 is 0 Å². The second-order valence-electron chi connectivity index (χ2n) is 8.25. The molecule has 2 heterocycles. The number of nitrogens with zero attached hydrogens (tertiary/aromatic N) is 3. The first-order chi connectivity index (χ1) is 14.3. The van der Waals surface area contributed by atoms with Crippen LogP contribution in [0.1, 0.15) is 48.4 Å².